The van der Waals surface area contributed by atoms with Gasteiger partial charge in [-0.2, -0.15) is 13.2 Å². The molecule has 7 nitrogen and oxygen atoms in total. The van der Waals surface area contributed by atoms with Crippen LogP contribution < -0.4 is 0 Å². The predicted molar refractivity (Wildman–Crippen MR) is 114 cm³/mol. The summed E-state index contributed by atoms with van der Waals surface area (Å²) in [4.78, 5) is 0.195. The molecule has 0 radical (unpaired) electrons. The number of aliphatic hydroxyl groups is 3. The van der Waals surface area contributed by atoms with Crippen molar-refractivity contribution in [2.24, 2.45) is 0 Å². The fourth-order valence-electron chi connectivity index (χ4n) is 3.67. The number of hydrogen-bond acceptors (Lipinski definition) is 7. The fourth-order valence-corrected chi connectivity index (χ4v) is 5.12. The lowest BCUT2D eigenvalue weighted by atomic mass is 9.97. The molecule has 0 saturated carbocycles. The Labute approximate surface area is 208 Å². The van der Waals surface area contributed by atoms with Crippen LogP contribution in [0.2, 0.25) is 5.02 Å². The molecule has 15 heteroatoms. The van der Waals surface area contributed by atoms with E-state index in [0.29, 0.717) is 12.1 Å². The minimum atomic E-state index is -4.67. The lowest BCUT2D eigenvalue weighted by molar-refractivity contribution is -0.178. The van der Waals surface area contributed by atoms with Crippen molar-refractivity contribution in [3.63, 3.8) is 0 Å². The third-order valence-electron chi connectivity index (χ3n) is 5.44. The first kappa shape index (κ1) is 26.7. The molecule has 1 aromatic heterocycles. The monoisotopic (exact) mass is 555 g/mol. The maximum atomic E-state index is 13.6. The van der Waals surface area contributed by atoms with Crippen molar-refractivity contribution >= 4 is 23.4 Å². The molecule has 36 heavy (non-hydrogen) atoms. The van der Waals surface area contributed by atoms with Crippen LogP contribution in [-0.4, -0.2) is 60.7 Å². The zero-order valence-electron chi connectivity index (χ0n) is 17.7. The number of hydrogen-bond donors (Lipinski definition) is 3. The first-order chi connectivity index (χ1) is 16.9. The van der Waals surface area contributed by atoms with Gasteiger partial charge in [-0.25, -0.2) is 17.9 Å². The standard InChI is InChI=1S/C21H16ClF6N3O4S/c22-11-5-9(1-2-10(11)21(26,27)28)36-20-19(34)17(18(33)15(7-32)35-20)31-6-14(29-30-31)8-3-12(23)16(25)13(24)4-8/h1-6,15,17-20,32-34H,7H2/t15?,17?,18-,19-,20+/m0/s1. The van der Waals surface area contributed by atoms with Crippen LogP contribution in [0.1, 0.15) is 11.6 Å². The highest BCUT2D eigenvalue weighted by Crippen LogP contribution is 2.41. The Morgan fingerprint density at radius 3 is 2.31 bits per heavy atom. The Hall–Kier alpha value is -2.36. The number of aromatic nitrogens is 3. The first-order valence-corrected chi connectivity index (χ1v) is 11.4. The number of rotatable bonds is 5. The Bertz CT molecular complexity index is 1240. The van der Waals surface area contributed by atoms with Gasteiger partial charge in [0.15, 0.2) is 17.5 Å². The third kappa shape index (κ3) is 5.19. The van der Waals surface area contributed by atoms with Gasteiger partial charge >= 0.3 is 6.18 Å². The van der Waals surface area contributed by atoms with Gasteiger partial charge in [0.05, 0.1) is 23.4 Å². The van der Waals surface area contributed by atoms with E-state index >= 15 is 0 Å². The zero-order valence-corrected chi connectivity index (χ0v) is 19.3. The molecule has 1 saturated heterocycles. The van der Waals surface area contributed by atoms with Crippen LogP contribution >= 0.6 is 23.4 Å². The molecule has 1 aliphatic rings. The van der Waals surface area contributed by atoms with Crippen molar-refractivity contribution in [2.45, 2.75) is 40.9 Å². The molecule has 1 aliphatic heterocycles. The Balaban J connectivity index is 1.62. The number of thioether (sulfide) groups is 1. The van der Waals surface area contributed by atoms with Gasteiger partial charge < -0.3 is 20.1 Å². The second-order valence-electron chi connectivity index (χ2n) is 7.79. The summed E-state index contributed by atoms with van der Waals surface area (Å²) in [7, 11) is 0. The van der Waals surface area contributed by atoms with E-state index in [1.807, 2.05) is 0 Å². The quantitative estimate of drug-likeness (QED) is 0.325. The smallest absolute Gasteiger partial charge is 0.394 e. The molecule has 0 aliphatic carbocycles. The van der Waals surface area contributed by atoms with E-state index in [9.17, 15) is 41.7 Å². The molecular formula is C21H16ClF6N3O4S. The minimum Gasteiger partial charge on any atom is -0.394 e. The maximum Gasteiger partial charge on any atom is 0.417 e. The van der Waals surface area contributed by atoms with Gasteiger partial charge in [0.1, 0.15) is 35.5 Å². The van der Waals surface area contributed by atoms with Crippen molar-refractivity contribution < 1.29 is 46.4 Å². The highest BCUT2D eigenvalue weighted by molar-refractivity contribution is 7.99. The zero-order chi connectivity index (χ0) is 26.4. The van der Waals surface area contributed by atoms with E-state index in [1.165, 1.54) is 0 Å². The number of aliphatic hydroxyl groups excluding tert-OH is 3. The summed E-state index contributed by atoms with van der Waals surface area (Å²) >= 11 is 6.53. The molecule has 0 amide bonds. The predicted octanol–water partition coefficient (Wildman–Crippen LogP) is 3.81. The number of ether oxygens (including phenoxy) is 1. The molecule has 4 rings (SSSR count). The van der Waals surface area contributed by atoms with Gasteiger partial charge in [-0.15, -0.1) is 5.10 Å². The Kier molecular flexibility index (Phi) is 7.55. The van der Waals surface area contributed by atoms with E-state index in [0.717, 1.165) is 40.8 Å². The highest BCUT2D eigenvalue weighted by atomic mass is 35.5. The topological polar surface area (TPSA) is 101 Å². The molecular weight excluding hydrogens is 540 g/mol. The van der Waals surface area contributed by atoms with Crippen LogP contribution in [0.5, 0.6) is 0 Å². The molecule has 3 aromatic rings. The van der Waals surface area contributed by atoms with Gasteiger partial charge in [-0.3, -0.25) is 0 Å². The van der Waals surface area contributed by atoms with Gasteiger partial charge in [0, 0.05) is 10.5 Å². The lowest BCUT2D eigenvalue weighted by Crippen LogP contribution is -2.55. The van der Waals surface area contributed by atoms with E-state index < -0.39 is 70.6 Å². The lowest BCUT2D eigenvalue weighted by Gasteiger charge is -2.41. The second-order valence-corrected chi connectivity index (χ2v) is 9.37. The molecule has 2 unspecified atom stereocenters. The largest absolute Gasteiger partial charge is 0.417 e. The van der Waals surface area contributed by atoms with Crippen LogP contribution in [-0.2, 0) is 10.9 Å². The molecule has 0 spiro atoms. The van der Waals surface area contributed by atoms with Crippen molar-refractivity contribution in [2.75, 3.05) is 6.61 Å². The summed E-state index contributed by atoms with van der Waals surface area (Å²) in [5.41, 5.74) is -2.55. The van der Waals surface area contributed by atoms with Gasteiger partial charge in [-0.05, 0) is 30.3 Å². The van der Waals surface area contributed by atoms with Crippen molar-refractivity contribution in [1.29, 1.82) is 0 Å². The summed E-state index contributed by atoms with van der Waals surface area (Å²) in [6.45, 7) is -0.689. The minimum absolute atomic E-state index is 0.113. The van der Waals surface area contributed by atoms with Crippen LogP contribution in [0.25, 0.3) is 11.3 Å². The van der Waals surface area contributed by atoms with Crippen LogP contribution in [0.4, 0.5) is 26.3 Å². The number of benzene rings is 2. The third-order valence-corrected chi connectivity index (χ3v) is 6.90. The second kappa shape index (κ2) is 10.2. The fraction of sp³-hybridized carbons (Fsp3) is 0.333. The van der Waals surface area contributed by atoms with E-state index in [-0.39, 0.29) is 16.2 Å². The summed E-state index contributed by atoms with van der Waals surface area (Å²) in [6.07, 6.45) is -7.85. The SMILES string of the molecule is OCC1O[C@H](Sc2ccc(C(F)(F)F)c(Cl)c2)[C@@H](O)C(n2cc(-c3cc(F)c(F)c(F)c3)nn2)[C@H]1O. The summed E-state index contributed by atoms with van der Waals surface area (Å²) in [6, 6.07) is 2.99. The van der Waals surface area contributed by atoms with Crippen LogP contribution in [0.3, 0.4) is 0 Å². The molecule has 3 N–H and O–H groups in total. The average molecular weight is 556 g/mol. The normalized spacial score (nSPS) is 24.8. The van der Waals surface area contributed by atoms with Crippen molar-refractivity contribution in [1.82, 2.24) is 15.0 Å². The summed E-state index contributed by atoms with van der Waals surface area (Å²) in [5, 5.41) is 38.2. The van der Waals surface area contributed by atoms with Crippen molar-refractivity contribution in [3.05, 3.63) is 64.6 Å². The van der Waals surface area contributed by atoms with Crippen molar-refractivity contribution in [3.8, 4) is 11.3 Å². The van der Waals surface area contributed by atoms with Gasteiger partial charge in [0.2, 0.25) is 0 Å². The summed E-state index contributed by atoms with van der Waals surface area (Å²) in [5.74, 6) is -4.59. The number of nitrogens with zero attached hydrogens (tertiary/aromatic N) is 3. The maximum absolute atomic E-state index is 13.6. The molecule has 2 aromatic carbocycles. The van der Waals surface area contributed by atoms with Gasteiger partial charge in [-0.1, -0.05) is 28.6 Å². The van der Waals surface area contributed by atoms with E-state index in [4.69, 9.17) is 16.3 Å². The number of alkyl halides is 3. The Morgan fingerprint density at radius 2 is 1.72 bits per heavy atom. The molecule has 5 atom stereocenters. The van der Waals surface area contributed by atoms with Crippen LogP contribution in [0, 0.1) is 17.5 Å². The summed E-state index contributed by atoms with van der Waals surface area (Å²) < 4.78 is 86.0. The van der Waals surface area contributed by atoms with Crippen LogP contribution in [0.15, 0.2) is 41.4 Å². The Morgan fingerprint density at radius 1 is 1.06 bits per heavy atom. The molecule has 1 fully saturated rings. The average Bonchev–Trinajstić information content (AvgIpc) is 3.28. The first-order valence-electron chi connectivity index (χ1n) is 10.1. The highest BCUT2D eigenvalue weighted by Gasteiger charge is 2.46. The van der Waals surface area contributed by atoms with Gasteiger partial charge in [0.25, 0.3) is 0 Å². The van der Waals surface area contributed by atoms with E-state index in [2.05, 4.69) is 10.3 Å². The van der Waals surface area contributed by atoms with E-state index in [1.54, 1.807) is 0 Å². The molecule has 2 heterocycles. The molecule has 0 bridgehead atoms. The number of halogens is 7. The molecule has 194 valence electrons.